The molecule has 1 amide bonds. The van der Waals surface area contributed by atoms with Crippen molar-refractivity contribution in [2.75, 3.05) is 13.2 Å². The van der Waals surface area contributed by atoms with Gasteiger partial charge in [0, 0.05) is 36.0 Å². The predicted octanol–water partition coefficient (Wildman–Crippen LogP) is 3.00. The lowest BCUT2D eigenvalue weighted by molar-refractivity contribution is -0.122. The fourth-order valence-electron chi connectivity index (χ4n) is 4.45. The van der Waals surface area contributed by atoms with Crippen molar-refractivity contribution in [1.29, 1.82) is 0 Å². The van der Waals surface area contributed by atoms with Crippen LogP contribution in [0.5, 0.6) is 0 Å². The molecule has 1 atom stereocenters. The van der Waals surface area contributed by atoms with Crippen molar-refractivity contribution in [3.63, 3.8) is 0 Å². The molecule has 0 spiro atoms. The maximum Gasteiger partial charge on any atom is 0.291 e. The SMILES string of the molecule is Cc1ccccc1Cn1c2ccccc2c2cnn(CC(=O)NC[C@H]3CCCO3)c(=O)c21. The van der Waals surface area contributed by atoms with Crippen molar-refractivity contribution in [2.24, 2.45) is 0 Å². The Balaban J connectivity index is 1.52. The number of carbonyl (C=O) groups excluding carboxylic acids is 1. The Morgan fingerprint density at radius 1 is 1.16 bits per heavy atom. The van der Waals surface area contributed by atoms with Gasteiger partial charge in [-0.1, -0.05) is 42.5 Å². The van der Waals surface area contributed by atoms with Crippen LogP contribution >= 0.6 is 0 Å². The number of carbonyl (C=O) groups is 1. The van der Waals surface area contributed by atoms with Crippen LogP contribution in [0.2, 0.25) is 0 Å². The summed E-state index contributed by atoms with van der Waals surface area (Å²) in [7, 11) is 0. The molecule has 0 bridgehead atoms. The molecule has 0 radical (unpaired) electrons. The summed E-state index contributed by atoms with van der Waals surface area (Å²) in [6.07, 6.45) is 3.72. The fourth-order valence-corrected chi connectivity index (χ4v) is 4.45. The smallest absolute Gasteiger partial charge is 0.291 e. The summed E-state index contributed by atoms with van der Waals surface area (Å²) >= 11 is 0. The van der Waals surface area contributed by atoms with Gasteiger partial charge in [0.05, 0.1) is 12.3 Å². The number of hydrogen-bond donors (Lipinski definition) is 1. The van der Waals surface area contributed by atoms with Crippen molar-refractivity contribution in [1.82, 2.24) is 19.7 Å². The second-order valence-corrected chi connectivity index (χ2v) is 8.34. The molecule has 0 unspecified atom stereocenters. The Morgan fingerprint density at radius 2 is 1.97 bits per heavy atom. The Bertz CT molecular complexity index is 1350. The van der Waals surface area contributed by atoms with E-state index in [1.807, 2.05) is 41.0 Å². The van der Waals surface area contributed by atoms with E-state index in [9.17, 15) is 9.59 Å². The maximum atomic E-state index is 13.5. The number of nitrogens with zero attached hydrogens (tertiary/aromatic N) is 3. The summed E-state index contributed by atoms with van der Waals surface area (Å²) in [4.78, 5) is 25.9. The quantitative estimate of drug-likeness (QED) is 0.510. The van der Waals surface area contributed by atoms with Gasteiger partial charge in [0.1, 0.15) is 12.1 Å². The molecular formula is C25H26N4O3. The molecule has 0 aliphatic carbocycles. The summed E-state index contributed by atoms with van der Waals surface area (Å²) in [6, 6.07) is 16.1. The van der Waals surface area contributed by atoms with Crippen molar-refractivity contribution in [2.45, 2.75) is 39.0 Å². The number of hydrogen-bond acceptors (Lipinski definition) is 4. The standard InChI is InChI=1S/C25H26N4O3/c1-17-7-2-3-8-18(17)15-28-22-11-5-4-10-20(22)21-14-27-29(25(31)24(21)28)16-23(30)26-13-19-9-6-12-32-19/h2-5,7-8,10-11,14,19H,6,9,12-13,15-16H2,1H3,(H,26,30)/t19-/m1/s1. The molecule has 7 nitrogen and oxygen atoms in total. The van der Waals surface area contributed by atoms with Gasteiger partial charge < -0.3 is 14.6 Å². The van der Waals surface area contributed by atoms with E-state index in [0.717, 1.165) is 41.3 Å². The zero-order chi connectivity index (χ0) is 22.1. The Hall–Kier alpha value is -3.45. The van der Waals surface area contributed by atoms with Gasteiger partial charge in [-0.15, -0.1) is 0 Å². The first kappa shape index (κ1) is 20.5. The Morgan fingerprint density at radius 3 is 2.78 bits per heavy atom. The minimum Gasteiger partial charge on any atom is -0.376 e. The number of fused-ring (bicyclic) bond motifs is 3. The molecule has 1 aliphatic heterocycles. The van der Waals surface area contributed by atoms with Gasteiger partial charge in [0.2, 0.25) is 5.91 Å². The first-order valence-corrected chi connectivity index (χ1v) is 11.0. The number of aryl methyl sites for hydroxylation is 1. The van der Waals surface area contributed by atoms with E-state index in [1.54, 1.807) is 6.20 Å². The van der Waals surface area contributed by atoms with E-state index >= 15 is 0 Å². The zero-order valence-corrected chi connectivity index (χ0v) is 18.1. The van der Waals surface area contributed by atoms with E-state index in [-0.39, 0.29) is 24.1 Å². The van der Waals surface area contributed by atoms with Crippen molar-refractivity contribution >= 4 is 27.7 Å². The van der Waals surface area contributed by atoms with E-state index in [0.29, 0.717) is 18.6 Å². The van der Waals surface area contributed by atoms with Gasteiger partial charge in [-0.3, -0.25) is 9.59 Å². The van der Waals surface area contributed by atoms with Gasteiger partial charge in [-0.25, -0.2) is 4.68 Å². The normalized spacial score (nSPS) is 16.1. The third-order valence-electron chi connectivity index (χ3n) is 6.21. The van der Waals surface area contributed by atoms with Crippen LogP contribution in [0.15, 0.2) is 59.5 Å². The second kappa shape index (κ2) is 8.59. The van der Waals surface area contributed by atoms with Gasteiger partial charge in [0.15, 0.2) is 0 Å². The van der Waals surface area contributed by atoms with Crippen LogP contribution < -0.4 is 10.9 Å². The highest BCUT2D eigenvalue weighted by Crippen LogP contribution is 2.27. The molecule has 7 heteroatoms. The van der Waals surface area contributed by atoms with Crippen LogP contribution in [0.25, 0.3) is 21.8 Å². The summed E-state index contributed by atoms with van der Waals surface area (Å²) in [5.41, 5.74) is 3.59. The van der Waals surface area contributed by atoms with Crippen LogP contribution in [0.1, 0.15) is 24.0 Å². The molecule has 164 valence electrons. The highest BCUT2D eigenvalue weighted by molar-refractivity contribution is 6.07. The van der Waals surface area contributed by atoms with Crippen molar-refractivity contribution in [3.05, 3.63) is 76.2 Å². The van der Waals surface area contributed by atoms with E-state index in [1.165, 1.54) is 10.2 Å². The van der Waals surface area contributed by atoms with Gasteiger partial charge in [-0.05, 0) is 37.0 Å². The number of amides is 1. The third-order valence-corrected chi connectivity index (χ3v) is 6.21. The highest BCUT2D eigenvalue weighted by atomic mass is 16.5. The molecule has 32 heavy (non-hydrogen) atoms. The van der Waals surface area contributed by atoms with Gasteiger partial charge in [-0.2, -0.15) is 5.10 Å². The molecular weight excluding hydrogens is 404 g/mol. The first-order valence-electron chi connectivity index (χ1n) is 11.0. The van der Waals surface area contributed by atoms with Crippen LogP contribution in [0.4, 0.5) is 0 Å². The Kier molecular flexibility index (Phi) is 5.49. The van der Waals surface area contributed by atoms with Gasteiger partial charge in [0.25, 0.3) is 5.56 Å². The van der Waals surface area contributed by atoms with E-state index in [4.69, 9.17) is 4.74 Å². The number of aromatic nitrogens is 3. The molecule has 0 saturated carbocycles. The lowest BCUT2D eigenvalue weighted by Crippen LogP contribution is -2.37. The fraction of sp³-hybridized carbons (Fsp3) is 0.320. The molecule has 1 aliphatic rings. The second-order valence-electron chi connectivity index (χ2n) is 8.34. The lowest BCUT2D eigenvalue weighted by atomic mass is 10.1. The van der Waals surface area contributed by atoms with Crippen molar-refractivity contribution in [3.8, 4) is 0 Å². The molecule has 4 aromatic rings. The monoisotopic (exact) mass is 430 g/mol. The highest BCUT2D eigenvalue weighted by Gasteiger charge is 2.19. The molecule has 2 aromatic heterocycles. The molecule has 2 aromatic carbocycles. The molecule has 1 saturated heterocycles. The lowest BCUT2D eigenvalue weighted by Gasteiger charge is -2.12. The number of para-hydroxylation sites is 1. The largest absolute Gasteiger partial charge is 0.376 e. The third kappa shape index (κ3) is 3.80. The van der Waals surface area contributed by atoms with E-state index < -0.39 is 0 Å². The van der Waals surface area contributed by atoms with Gasteiger partial charge >= 0.3 is 0 Å². The van der Waals surface area contributed by atoms with Crippen molar-refractivity contribution < 1.29 is 9.53 Å². The van der Waals surface area contributed by atoms with E-state index in [2.05, 4.69) is 29.5 Å². The minimum atomic E-state index is -0.264. The summed E-state index contributed by atoms with van der Waals surface area (Å²) < 4.78 is 8.84. The Labute approximate surface area is 185 Å². The molecule has 1 fully saturated rings. The summed E-state index contributed by atoms with van der Waals surface area (Å²) in [5.74, 6) is -0.240. The van der Waals surface area contributed by atoms with Crippen LogP contribution in [0, 0.1) is 6.92 Å². The van der Waals surface area contributed by atoms with Crippen LogP contribution in [-0.4, -0.2) is 39.5 Å². The van der Waals surface area contributed by atoms with Crippen LogP contribution in [0.3, 0.4) is 0 Å². The minimum absolute atomic E-state index is 0.0581. The number of rotatable bonds is 6. The number of nitrogens with one attached hydrogen (secondary N) is 1. The molecule has 3 heterocycles. The number of ether oxygens (including phenoxy) is 1. The zero-order valence-electron chi connectivity index (χ0n) is 18.1. The maximum absolute atomic E-state index is 13.5. The predicted molar refractivity (Wildman–Crippen MR) is 124 cm³/mol. The topological polar surface area (TPSA) is 78.2 Å². The summed E-state index contributed by atoms with van der Waals surface area (Å²) in [5, 5.41) is 8.96. The summed E-state index contributed by atoms with van der Waals surface area (Å²) in [6.45, 7) is 3.73. The molecule has 1 N–H and O–H groups in total. The number of benzene rings is 2. The average Bonchev–Trinajstić information content (AvgIpc) is 3.43. The first-order chi connectivity index (χ1) is 15.6. The average molecular weight is 431 g/mol. The molecule has 5 rings (SSSR count). The van der Waals surface area contributed by atoms with Crippen LogP contribution in [-0.2, 0) is 22.6 Å².